The Labute approximate surface area is 119 Å². The lowest BCUT2D eigenvalue weighted by atomic mass is 10.1. The highest BCUT2D eigenvalue weighted by molar-refractivity contribution is 5.65. The lowest BCUT2D eigenvalue weighted by Crippen LogP contribution is -1.84. The average molecular weight is 284 g/mol. The van der Waals surface area contributed by atoms with E-state index in [1.165, 1.54) is 12.1 Å². The van der Waals surface area contributed by atoms with Crippen LogP contribution in [0.4, 0.5) is 0 Å². The highest BCUT2D eigenvalue weighted by Crippen LogP contribution is 2.31. The Balaban J connectivity index is 2.01. The first kappa shape index (κ1) is 13.0. The molecule has 106 valence electrons. The van der Waals surface area contributed by atoms with E-state index >= 15 is 0 Å². The normalized spacial score (nSPS) is 10.7. The molecule has 0 bridgehead atoms. The van der Waals surface area contributed by atoms with Gasteiger partial charge in [0.2, 0.25) is 5.82 Å². The molecule has 1 heterocycles. The number of phenolic OH excluding ortho intramolecular Hbond substituents is 3. The van der Waals surface area contributed by atoms with E-state index in [1.54, 1.807) is 24.3 Å². The molecule has 0 spiro atoms. The highest BCUT2D eigenvalue weighted by atomic mass is 16.5. The van der Waals surface area contributed by atoms with Crippen molar-refractivity contribution >= 4 is 0 Å². The molecule has 0 unspecified atom stereocenters. The predicted octanol–water partition coefficient (Wildman–Crippen LogP) is 2.83. The van der Waals surface area contributed by atoms with E-state index in [1.807, 2.05) is 6.92 Å². The van der Waals surface area contributed by atoms with Crippen molar-refractivity contribution in [3.05, 3.63) is 42.0 Å². The summed E-state index contributed by atoms with van der Waals surface area (Å²) < 4.78 is 5.21. The van der Waals surface area contributed by atoms with E-state index < -0.39 is 0 Å². The van der Waals surface area contributed by atoms with E-state index in [4.69, 9.17) is 4.52 Å². The zero-order valence-corrected chi connectivity index (χ0v) is 11.1. The van der Waals surface area contributed by atoms with Gasteiger partial charge in [0.1, 0.15) is 5.75 Å². The van der Waals surface area contributed by atoms with Crippen molar-refractivity contribution in [2.24, 2.45) is 0 Å². The second kappa shape index (κ2) is 4.82. The smallest absolute Gasteiger partial charge is 0.258 e. The van der Waals surface area contributed by atoms with Crippen LogP contribution >= 0.6 is 0 Å². The van der Waals surface area contributed by atoms with Crippen LogP contribution in [0.3, 0.4) is 0 Å². The Bertz CT molecular complexity index is 811. The van der Waals surface area contributed by atoms with Crippen molar-refractivity contribution in [1.82, 2.24) is 10.1 Å². The molecule has 21 heavy (non-hydrogen) atoms. The first-order valence-corrected chi connectivity index (χ1v) is 6.20. The van der Waals surface area contributed by atoms with Gasteiger partial charge in [0.25, 0.3) is 5.89 Å². The van der Waals surface area contributed by atoms with Crippen LogP contribution in [0.15, 0.2) is 40.9 Å². The fourth-order valence-corrected chi connectivity index (χ4v) is 2.00. The SMILES string of the molecule is Cc1cc(O)ccc1-c1nc(-c2ccc(O)c(O)c2)no1. The molecule has 3 rings (SSSR count). The summed E-state index contributed by atoms with van der Waals surface area (Å²) in [6.07, 6.45) is 0. The minimum Gasteiger partial charge on any atom is -0.508 e. The number of benzene rings is 2. The van der Waals surface area contributed by atoms with Gasteiger partial charge in [-0.15, -0.1) is 0 Å². The predicted molar refractivity (Wildman–Crippen MR) is 74.9 cm³/mol. The lowest BCUT2D eigenvalue weighted by Gasteiger charge is -2.00. The monoisotopic (exact) mass is 284 g/mol. The Morgan fingerprint density at radius 1 is 0.952 bits per heavy atom. The van der Waals surface area contributed by atoms with Crippen molar-refractivity contribution < 1.29 is 19.8 Å². The third-order valence-corrected chi connectivity index (χ3v) is 3.10. The summed E-state index contributed by atoms with van der Waals surface area (Å²) in [5.41, 5.74) is 2.05. The van der Waals surface area contributed by atoms with Gasteiger partial charge in [-0.3, -0.25) is 0 Å². The minimum absolute atomic E-state index is 0.166. The number of phenols is 3. The standard InChI is InChI=1S/C15H12N2O4/c1-8-6-10(18)3-4-11(8)15-16-14(17-21-15)9-2-5-12(19)13(20)7-9/h2-7,18-20H,1H3. The molecule has 3 N–H and O–H groups in total. The van der Waals surface area contributed by atoms with Crippen LogP contribution in [0.1, 0.15) is 5.56 Å². The second-order valence-electron chi connectivity index (χ2n) is 4.63. The fraction of sp³-hybridized carbons (Fsp3) is 0.0667. The van der Waals surface area contributed by atoms with Crippen LogP contribution in [0.25, 0.3) is 22.8 Å². The summed E-state index contributed by atoms with van der Waals surface area (Å²) in [5, 5.41) is 32.1. The average Bonchev–Trinajstić information content (AvgIpc) is 2.91. The first-order chi connectivity index (χ1) is 10.0. The molecule has 6 nitrogen and oxygen atoms in total. The number of rotatable bonds is 2. The zero-order chi connectivity index (χ0) is 15.0. The van der Waals surface area contributed by atoms with Gasteiger partial charge >= 0.3 is 0 Å². The Morgan fingerprint density at radius 2 is 1.76 bits per heavy atom. The Kier molecular flexibility index (Phi) is 2.98. The van der Waals surface area contributed by atoms with Gasteiger partial charge in [0, 0.05) is 11.1 Å². The summed E-state index contributed by atoms with van der Waals surface area (Å²) in [4.78, 5) is 4.26. The largest absolute Gasteiger partial charge is 0.508 e. The molecule has 0 aliphatic carbocycles. The van der Waals surface area contributed by atoms with E-state index in [0.717, 1.165) is 11.1 Å². The molecule has 0 aliphatic heterocycles. The molecular weight excluding hydrogens is 272 g/mol. The zero-order valence-electron chi connectivity index (χ0n) is 11.1. The van der Waals surface area contributed by atoms with Gasteiger partial charge in [-0.2, -0.15) is 4.98 Å². The number of nitrogens with zero attached hydrogens (tertiary/aromatic N) is 2. The topological polar surface area (TPSA) is 99.6 Å². The molecular formula is C15H12N2O4. The summed E-state index contributed by atoms with van der Waals surface area (Å²) in [5.74, 6) is 0.318. The highest BCUT2D eigenvalue weighted by Gasteiger charge is 2.14. The molecule has 1 aromatic heterocycles. The summed E-state index contributed by atoms with van der Waals surface area (Å²) in [7, 11) is 0. The molecule has 0 saturated carbocycles. The molecule has 0 atom stereocenters. The third kappa shape index (κ3) is 2.38. The van der Waals surface area contributed by atoms with Crippen molar-refractivity contribution in [3.63, 3.8) is 0 Å². The lowest BCUT2D eigenvalue weighted by molar-refractivity contribution is 0.404. The van der Waals surface area contributed by atoms with Crippen molar-refractivity contribution in [3.8, 4) is 40.1 Å². The molecule has 0 radical (unpaired) electrons. The van der Waals surface area contributed by atoms with Crippen LogP contribution < -0.4 is 0 Å². The van der Waals surface area contributed by atoms with Crippen LogP contribution in [0, 0.1) is 6.92 Å². The second-order valence-corrected chi connectivity index (χ2v) is 4.63. The molecule has 0 aliphatic rings. The van der Waals surface area contributed by atoms with Gasteiger partial charge in [0.05, 0.1) is 0 Å². The molecule has 6 heteroatoms. The molecule has 0 fully saturated rings. The van der Waals surface area contributed by atoms with Crippen molar-refractivity contribution in [1.29, 1.82) is 0 Å². The number of aromatic nitrogens is 2. The van der Waals surface area contributed by atoms with Crippen LogP contribution in [0.5, 0.6) is 17.2 Å². The summed E-state index contributed by atoms with van der Waals surface area (Å²) >= 11 is 0. The maximum atomic E-state index is 9.50. The maximum Gasteiger partial charge on any atom is 0.258 e. The number of hydrogen-bond donors (Lipinski definition) is 3. The van der Waals surface area contributed by atoms with E-state index in [9.17, 15) is 15.3 Å². The molecule has 2 aromatic carbocycles. The molecule has 0 amide bonds. The van der Waals surface area contributed by atoms with Crippen molar-refractivity contribution in [2.45, 2.75) is 6.92 Å². The Morgan fingerprint density at radius 3 is 2.48 bits per heavy atom. The Hall–Kier alpha value is -3.02. The number of aromatic hydroxyl groups is 3. The van der Waals surface area contributed by atoms with Crippen LogP contribution in [-0.4, -0.2) is 25.5 Å². The van der Waals surface area contributed by atoms with Gasteiger partial charge in [-0.25, -0.2) is 0 Å². The van der Waals surface area contributed by atoms with E-state index in [0.29, 0.717) is 17.3 Å². The number of hydrogen-bond acceptors (Lipinski definition) is 6. The van der Waals surface area contributed by atoms with Crippen molar-refractivity contribution in [2.75, 3.05) is 0 Å². The van der Waals surface area contributed by atoms with E-state index in [-0.39, 0.29) is 17.2 Å². The van der Waals surface area contributed by atoms with Crippen LogP contribution in [0.2, 0.25) is 0 Å². The minimum atomic E-state index is -0.250. The fourth-order valence-electron chi connectivity index (χ4n) is 2.00. The van der Waals surface area contributed by atoms with E-state index in [2.05, 4.69) is 10.1 Å². The summed E-state index contributed by atoms with van der Waals surface area (Å²) in [6.45, 7) is 1.82. The number of aryl methyl sites for hydroxylation is 1. The first-order valence-electron chi connectivity index (χ1n) is 6.20. The third-order valence-electron chi connectivity index (χ3n) is 3.10. The molecule has 0 saturated heterocycles. The van der Waals surface area contributed by atoms with Gasteiger partial charge < -0.3 is 19.8 Å². The van der Waals surface area contributed by atoms with Gasteiger partial charge in [-0.05, 0) is 48.9 Å². The molecule has 3 aromatic rings. The maximum absolute atomic E-state index is 9.50. The quantitative estimate of drug-likeness (QED) is 0.626. The van der Waals surface area contributed by atoms with Crippen LogP contribution in [-0.2, 0) is 0 Å². The van der Waals surface area contributed by atoms with Gasteiger partial charge in [-0.1, -0.05) is 5.16 Å². The van der Waals surface area contributed by atoms with Gasteiger partial charge in [0.15, 0.2) is 11.5 Å². The summed E-state index contributed by atoms with van der Waals surface area (Å²) in [6, 6.07) is 9.12.